The molecule has 0 aromatic heterocycles. The standard InChI is InChI=1S/C18H34N8/c1-25(2)10-8-21-17(19)23-13-15-6-5-7-16(12-15)14-24-18(20)22-9-11-26(3)4/h5-7,12H,8-11,13-14H2,1-4H3,(H3,19,21,23)(H3,20,22,24). The van der Waals surface area contributed by atoms with Crippen LogP contribution in [0.5, 0.6) is 0 Å². The van der Waals surface area contributed by atoms with Gasteiger partial charge >= 0.3 is 0 Å². The van der Waals surface area contributed by atoms with E-state index in [-0.39, 0.29) is 0 Å². The molecule has 0 spiro atoms. The number of rotatable bonds is 10. The summed E-state index contributed by atoms with van der Waals surface area (Å²) in [7, 11) is 8.09. The molecule has 8 heteroatoms. The van der Waals surface area contributed by atoms with E-state index in [0.717, 1.165) is 37.3 Å². The Morgan fingerprint density at radius 2 is 1.27 bits per heavy atom. The summed E-state index contributed by atoms with van der Waals surface area (Å²) in [5.74, 6) is 0.925. The van der Waals surface area contributed by atoms with E-state index in [2.05, 4.69) is 36.5 Å². The number of nitrogens with one attached hydrogen (secondary N) is 2. The lowest BCUT2D eigenvalue weighted by molar-refractivity contribution is 0.412. The first-order valence-corrected chi connectivity index (χ1v) is 8.81. The van der Waals surface area contributed by atoms with E-state index in [1.807, 2.05) is 46.4 Å². The van der Waals surface area contributed by atoms with E-state index >= 15 is 0 Å². The van der Waals surface area contributed by atoms with Gasteiger partial charge in [-0.2, -0.15) is 0 Å². The number of nitrogens with zero attached hydrogens (tertiary/aromatic N) is 4. The van der Waals surface area contributed by atoms with Crippen molar-refractivity contribution >= 4 is 11.9 Å². The summed E-state index contributed by atoms with van der Waals surface area (Å²) in [6.07, 6.45) is 0. The van der Waals surface area contributed by atoms with Gasteiger partial charge < -0.3 is 31.9 Å². The fourth-order valence-corrected chi connectivity index (χ4v) is 2.11. The molecule has 1 aromatic rings. The van der Waals surface area contributed by atoms with Crippen molar-refractivity contribution < 1.29 is 0 Å². The second kappa shape index (κ2) is 12.1. The van der Waals surface area contributed by atoms with E-state index in [9.17, 15) is 0 Å². The third-order valence-corrected chi connectivity index (χ3v) is 3.59. The monoisotopic (exact) mass is 362 g/mol. The van der Waals surface area contributed by atoms with Gasteiger partial charge in [0, 0.05) is 26.2 Å². The van der Waals surface area contributed by atoms with E-state index < -0.39 is 0 Å². The van der Waals surface area contributed by atoms with Crippen LogP contribution in [-0.4, -0.2) is 76.1 Å². The molecule has 0 aliphatic carbocycles. The first-order chi connectivity index (χ1) is 12.4. The minimum absolute atomic E-state index is 0.463. The Hall–Kier alpha value is -2.32. The van der Waals surface area contributed by atoms with Crippen LogP contribution in [0.2, 0.25) is 0 Å². The second-order valence-electron chi connectivity index (χ2n) is 6.68. The number of hydrogen-bond donors (Lipinski definition) is 4. The molecule has 0 atom stereocenters. The van der Waals surface area contributed by atoms with Gasteiger partial charge in [0.2, 0.25) is 0 Å². The van der Waals surface area contributed by atoms with E-state index in [4.69, 9.17) is 11.5 Å². The lowest BCUT2D eigenvalue weighted by Gasteiger charge is -2.11. The minimum atomic E-state index is 0.463. The molecule has 26 heavy (non-hydrogen) atoms. The third kappa shape index (κ3) is 10.5. The van der Waals surface area contributed by atoms with Gasteiger partial charge in [-0.1, -0.05) is 24.3 Å². The van der Waals surface area contributed by atoms with Crippen molar-refractivity contribution in [3.8, 4) is 0 Å². The first kappa shape index (κ1) is 21.7. The first-order valence-electron chi connectivity index (χ1n) is 8.81. The van der Waals surface area contributed by atoms with E-state index in [1.54, 1.807) is 0 Å². The smallest absolute Gasteiger partial charge is 0.188 e. The molecule has 0 bridgehead atoms. The van der Waals surface area contributed by atoms with Crippen LogP contribution in [0.15, 0.2) is 34.3 Å². The van der Waals surface area contributed by atoms with Crippen LogP contribution in [-0.2, 0) is 13.1 Å². The maximum atomic E-state index is 5.88. The van der Waals surface area contributed by atoms with Gasteiger partial charge in [0.25, 0.3) is 0 Å². The summed E-state index contributed by atoms with van der Waals surface area (Å²) < 4.78 is 0. The Balaban J connectivity index is 2.46. The Bertz CT molecular complexity index is 533. The molecular formula is C18H34N8. The van der Waals surface area contributed by atoms with Crippen LogP contribution in [0.1, 0.15) is 11.1 Å². The quantitative estimate of drug-likeness (QED) is 0.334. The van der Waals surface area contributed by atoms with E-state index in [0.29, 0.717) is 25.0 Å². The Labute approximate surface area is 157 Å². The highest BCUT2D eigenvalue weighted by molar-refractivity contribution is 5.78. The molecule has 0 heterocycles. The van der Waals surface area contributed by atoms with Crippen LogP contribution >= 0.6 is 0 Å². The molecule has 0 saturated carbocycles. The molecule has 0 fully saturated rings. The molecular weight excluding hydrogens is 328 g/mol. The third-order valence-electron chi connectivity index (χ3n) is 3.59. The minimum Gasteiger partial charge on any atom is -0.370 e. The number of benzene rings is 1. The summed E-state index contributed by atoms with van der Waals surface area (Å²) in [6.45, 7) is 4.44. The van der Waals surface area contributed by atoms with Crippen molar-refractivity contribution in [3.63, 3.8) is 0 Å². The van der Waals surface area contributed by atoms with Gasteiger partial charge in [-0.15, -0.1) is 0 Å². The van der Waals surface area contributed by atoms with Gasteiger partial charge in [0.1, 0.15) is 0 Å². The summed E-state index contributed by atoms with van der Waals surface area (Å²) in [5, 5.41) is 6.20. The van der Waals surface area contributed by atoms with Gasteiger partial charge in [-0.3, -0.25) is 0 Å². The molecule has 0 radical (unpaired) electrons. The van der Waals surface area contributed by atoms with Crippen molar-refractivity contribution in [2.45, 2.75) is 13.1 Å². The molecule has 0 aliphatic heterocycles. The van der Waals surface area contributed by atoms with Crippen molar-refractivity contribution in [2.24, 2.45) is 21.5 Å². The van der Waals surface area contributed by atoms with Crippen LogP contribution in [0, 0.1) is 0 Å². The van der Waals surface area contributed by atoms with Crippen molar-refractivity contribution in [2.75, 3.05) is 54.4 Å². The van der Waals surface area contributed by atoms with Crippen LogP contribution in [0.25, 0.3) is 0 Å². The van der Waals surface area contributed by atoms with Crippen molar-refractivity contribution in [1.29, 1.82) is 0 Å². The van der Waals surface area contributed by atoms with E-state index in [1.165, 1.54) is 0 Å². The van der Waals surface area contributed by atoms with Gasteiger partial charge in [0.05, 0.1) is 13.1 Å². The molecule has 6 N–H and O–H groups in total. The number of hydrogen-bond acceptors (Lipinski definition) is 4. The highest BCUT2D eigenvalue weighted by atomic mass is 15.1. The molecule has 8 nitrogen and oxygen atoms in total. The largest absolute Gasteiger partial charge is 0.370 e. The number of aliphatic imine (C=N–C) groups is 2. The molecule has 146 valence electrons. The fraction of sp³-hybridized carbons (Fsp3) is 0.556. The summed E-state index contributed by atoms with van der Waals surface area (Å²) in [4.78, 5) is 12.9. The summed E-state index contributed by atoms with van der Waals surface area (Å²) in [6, 6.07) is 8.14. The van der Waals surface area contributed by atoms with Gasteiger partial charge in [-0.05, 0) is 39.3 Å². The number of guanidine groups is 2. The number of likely N-dealkylation sites (N-methyl/N-ethyl adjacent to an activating group) is 2. The van der Waals surface area contributed by atoms with Gasteiger partial charge in [0.15, 0.2) is 11.9 Å². The normalized spacial score (nSPS) is 12.7. The topological polar surface area (TPSA) is 107 Å². The Morgan fingerprint density at radius 3 is 1.65 bits per heavy atom. The van der Waals surface area contributed by atoms with Gasteiger partial charge in [-0.25, -0.2) is 9.98 Å². The molecule has 1 rings (SSSR count). The maximum Gasteiger partial charge on any atom is 0.188 e. The van der Waals surface area contributed by atoms with Crippen molar-refractivity contribution in [3.05, 3.63) is 35.4 Å². The molecule has 0 unspecified atom stereocenters. The molecule has 0 aliphatic rings. The fourth-order valence-electron chi connectivity index (χ4n) is 2.11. The van der Waals surface area contributed by atoms with Crippen LogP contribution < -0.4 is 22.1 Å². The molecule has 0 saturated heterocycles. The average molecular weight is 363 g/mol. The predicted molar refractivity (Wildman–Crippen MR) is 110 cm³/mol. The van der Waals surface area contributed by atoms with Crippen LogP contribution in [0.3, 0.4) is 0 Å². The maximum absolute atomic E-state index is 5.88. The zero-order chi connectivity index (χ0) is 19.4. The highest BCUT2D eigenvalue weighted by Crippen LogP contribution is 2.07. The Morgan fingerprint density at radius 1 is 0.846 bits per heavy atom. The molecule has 0 amide bonds. The Kier molecular flexibility index (Phi) is 10.1. The average Bonchev–Trinajstić information content (AvgIpc) is 2.58. The van der Waals surface area contributed by atoms with Crippen molar-refractivity contribution in [1.82, 2.24) is 20.4 Å². The lowest BCUT2D eigenvalue weighted by atomic mass is 10.1. The summed E-state index contributed by atoms with van der Waals surface area (Å²) in [5.41, 5.74) is 13.9. The van der Waals surface area contributed by atoms with Crippen LogP contribution in [0.4, 0.5) is 0 Å². The number of nitrogens with two attached hydrogens (primary N) is 2. The second-order valence-corrected chi connectivity index (χ2v) is 6.68. The zero-order valence-electron chi connectivity index (χ0n) is 16.5. The lowest BCUT2D eigenvalue weighted by Crippen LogP contribution is -2.36. The summed E-state index contributed by atoms with van der Waals surface area (Å²) >= 11 is 0. The highest BCUT2D eigenvalue weighted by Gasteiger charge is 1.98. The zero-order valence-corrected chi connectivity index (χ0v) is 16.5. The predicted octanol–water partition coefficient (Wildman–Crippen LogP) is -0.382. The SMILES string of the molecule is CN(C)CCNC(N)=NCc1cccc(CN=C(N)NCCN(C)C)c1. The molecule has 1 aromatic carbocycles.